The molecule has 0 fully saturated rings. The number of benzene rings is 3. The number of rotatable bonds is 11. The number of aryl methyl sites for hydroxylation is 2. The first-order chi connectivity index (χ1) is 17.7. The predicted molar refractivity (Wildman–Crippen MR) is 150 cm³/mol. The predicted octanol–water partition coefficient (Wildman–Crippen LogP) is 6.54. The Kier molecular flexibility index (Phi) is 10.4. The van der Waals surface area contributed by atoms with E-state index in [1.807, 2.05) is 76.2 Å². The van der Waals surface area contributed by atoms with Gasteiger partial charge in [0.25, 0.3) is 5.91 Å². The molecule has 37 heavy (non-hydrogen) atoms. The van der Waals surface area contributed by atoms with Crippen LogP contribution in [-0.2, 0) is 22.6 Å². The van der Waals surface area contributed by atoms with Gasteiger partial charge in [0.2, 0.25) is 5.91 Å². The van der Waals surface area contributed by atoms with Gasteiger partial charge in [-0.1, -0.05) is 72.6 Å². The smallest absolute Gasteiger partial charge is 0.261 e. The first-order valence-electron chi connectivity index (χ1n) is 12.5. The number of nitrogens with zero attached hydrogens (tertiary/aromatic N) is 1. The summed E-state index contributed by atoms with van der Waals surface area (Å²) in [7, 11) is 0. The lowest BCUT2D eigenvalue weighted by atomic mass is 10.0. The molecule has 0 radical (unpaired) electrons. The molecule has 2 atom stereocenters. The summed E-state index contributed by atoms with van der Waals surface area (Å²) in [5.41, 5.74) is 3.86. The molecule has 0 aliphatic carbocycles. The molecule has 196 valence electrons. The number of carbonyl (C=O) groups is 2. The number of ether oxygens (including phenoxy) is 1. The molecule has 1 N–H and O–H groups in total. The molecule has 0 aliphatic heterocycles. The SMILES string of the molecule is CC[C@H](C)NC(=O)[C@H](Cc1ccccc1)N(Cc1ccc(Cl)cc1Cl)C(=O)COc1ccc(C)c(C)c1. The number of hydrogen-bond acceptors (Lipinski definition) is 3. The second-order valence-corrected chi connectivity index (χ2v) is 10.2. The fourth-order valence-corrected chi connectivity index (χ4v) is 4.33. The van der Waals surface area contributed by atoms with Gasteiger partial charge in [-0.2, -0.15) is 0 Å². The first-order valence-corrected chi connectivity index (χ1v) is 13.2. The number of carbonyl (C=O) groups excluding carboxylic acids is 2. The molecule has 0 saturated carbocycles. The van der Waals surface area contributed by atoms with Gasteiger partial charge in [-0.25, -0.2) is 0 Å². The maximum absolute atomic E-state index is 13.7. The topological polar surface area (TPSA) is 58.6 Å². The lowest BCUT2D eigenvalue weighted by molar-refractivity contribution is -0.143. The number of hydrogen-bond donors (Lipinski definition) is 1. The average molecular weight is 542 g/mol. The number of amides is 2. The molecule has 0 bridgehead atoms. The molecule has 3 aromatic rings. The van der Waals surface area contributed by atoms with Crippen LogP contribution in [0.1, 0.15) is 42.5 Å². The Morgan fingerprint density at radius 2 is 1.70 bits per heavy atom. The fraction of sp³-hybridized carbons (Fsp3) is 0.333. The Bertz CT molecular complexity index is 1220. The van der Waals surface area contributed by atoms with Crippen molar-refractivity contribution in [2.24, 2.45) is 0 Å². The van der Waals surface area contributed by atoms with Crippen LogP contribution in [0.4, 0.5) is 0 Å². The minimum atomic E-state index is -0.765. The van der Waals surface area contributed by atoms with Gasteiger partial charge in [-0.15, -0.1) is 0 Å². The summed E-state index contributed by atoms with van der Waals surface area (Å²) in [5, 5.41) is 3.99. The van der Waals surface area contributed by atoms with Crippen molar-refractivity contribution in [1.29, 1.82) is 0 Å². The molecular weight excluding hydrogens is 507 g/mol. The zero-order valence-corrected chi connectivity index (χ0v) is 23.3. The van der Waals surface area contributed by atoms with Gasteiger partial charge in [0.1, 0.15) is 11.8 Å². The summed E-state index contributed by atoms with van der Waals surface area (Å²) >= 11 is 12.6. The minimum Gasteiger partial charge on any atom is -0.484 e. The van der Waals surface area contributed by atoms with Crippen LogP contribution in [0, 0.1) is 13.8 Å². The van der Waals surface area contributed by atoms with E-state index in [2.05, 4.69) is 5.32 Å². The normalized spacial score (nSPS) is 12.5. The zero-order valence-electron chi connectivity index (χ0n) is 21.8. The second-order valence-electron chi connectivity index (χ2n) is 9.32. The Labute approximate surface area is 229 Å². The largest absolute Gasteiger partial charge is 0.484 e. The van der Waals surface area contributed by atoms with Crippen LogP contribution in [0.25, 0.3) is 0 Å². The van der Waals surface area contributed by atoms with Crippen molar-refractivity contribution in [2.45, 2.75) is 59.2 Å². The minimum absolute atomic E-state index is 0.0337. The van der Waals surface area contributed by atoms with Gasteiger partial charge in [-0.3, -0.25) is 9.59 Å². The summed E-state index contributed by atoms with van der Waals surface area (Å²) < 4.78 is 5.88. The summed E-state index contributed by atoms with van der Waals surface area (Å²) in [6, 6.07) is 19.7. The van der Waals surface area contributed by atoms with Crippen LogP contribution in [0.3, 0.4) is 0 Å². The first kappa shape index (κ1) is 28.5. The second kappa shape index (κ2) is 13.5. The third-order valence-corrected chi connectivity index (χ3v) is 7.06. The van der Waals surface area contributed by atoms with Crippen LogP contribution in [0.5, 0.6) is 5.75 Å². The van der Waals surface area contributed by atoms with E-state index in [9.17, 15) is 9.59 Å². The third kappa shape index (κ3) is 8.24. The molecular formula is C30H34Cl2N2O3. The molecule has 0 spiro atoms. The molecule has 0 aliphatic rings. The van der Waals surface area contributed by atoms with Crippen LogP contribution < -0.4 is 10.1 Å². The lowest BCUT2D eigenvalue weighted by Crippen LogP contribution is -2.53. The highest BCUT2D eigenvalue weighted by Gasteiger charge is 2.31. The van der Waals surface area contributed by atoms with Crippen molar-refractivity contribution in [1.82, 2.24) is 10.2 Å². The Morgan fingerprint density at radius 1 is 0.973 bits per heavy atom. The van der Waals surface area contributed by atoms with Gasteiger partial charge in [-0.05, 0) is 73.7 Å². The molecule has 3 rings (SSSR count). The van der Waals surface area contributed by atoms with Gasteiger partial charge >= 0.3 is 0 Å². The number of nitrogens with one attached hydrogen (secondary N) is 1. The lowest BCUT2D eigenvalue weighted by Gasteiger charge is -2.32. The van der Waals surface area contributed by atoms with Gasteiger partial charge in [0.05, 0.1) is 0 Å². The van der Waals surface area contributed by atoms with Crippen molar-refractivity contribution in [3.05, 3.63) is 99.0 Å². The van der Waals surface area contributed by atoms with E-state index in [0.717, 1.165) is 23.1 Å². The van der Waals surface area contributed by atoms with Crippen LogP contribution >= 0.6 is 23.2 Å². The third-order valence-electron chi connectivity index (χ3n) is 6.47. The van der Waals surface area contributed by atoms with Gasteiger partial charge in [0.15, 0.2) is 6.61 Å². The van der Waals surface area contributed by atoms with E-state index in [1.165, 1.54) is 0 Å². The average Bonchev–Trinajstić information content (AvgIpc) is 2.88. The van der Waals surface area contributed by atoms with Crippen molar-refractivity contribution in [3.8, 4) is 5.75 Å². The van der Waals surface area contributed by atoms with E-state index in [4.69, 9.17) is 27.9 Å². The van der Waals surface area contributed by atoms with Crippen LogP contribution in [0.15, 0.2) is 66.7 Å². The molecule has 0 unspecified atom stereocenters. The van der Waals surface area contributed by atoms with E-state index in [1.54, 1.807) is 23.1 Å². The molecule has 3 aromatic carbocycles. The standard InChI is InChI=1S/C30H34Cl2N2O3/c1-5-22(4)33-30(36)28(16-23-9-7-6-8-10-23)34(18-24-12-13-25(31)17-27(24)32)29(35)19-37-26-14-11-20(2)21(3)15-26/h6-15,17,22,28H,5,16,18-19H2,1-4H3,(H,33,36)/t22-,28-/m0/s1. The highest BCUT2D eigenvalue weighted by molar-refractivity contribution is 6.35. The van der Waals surface area contributed by atoms with Crippen molar-refractivity contribution in [3.63, 3.8) is 0 Å². The van der Waals surface area contributed by atoms with E-state index < -0.39 is 6.04 Å². The molecule has 0 aromatic heterocycles. The van der Waals surface area contributed by atoms with Crippen LogP contribution in [-0.4, -0.2) is 35.4 Å². The number of halogens is 2. The van der Waals surface area contributed by atoms with Crippen LogP contribution in [0.2, 0.25) is 10.0 Å². The highest BCUT2D eigenvalue weighted by atomic mass is 35.5. The molecule has 2 amide bonds. The monoisotopic (exact) mass is 540 g/mol. The molecule has 0 saturated heterocycles. The maximum Gasteiger partial charge on any atom is 0.261 e. The van der Waals surface area contributed by atoms with Gasteiger partial charge in [0, 0.05) is 29.1 Å². The maximum atomic E-state index is 13.7. The van der Waals surface area contributed by atoms with E-state index in [-0.39, 0.29) is 31.0 Å². The van der Waals surface area contributed by atoms with Gasteiger partial charge < -0.3 is 15.0 Å². The summed E-state index contributed by atoms with van der Waals surface area (Å²) in [5.74, 6) is 0.0666. The Hall–Kier alpha value is -3.02. The Balaban J connectivity index is 1.94. The summed E-state index contributed by atoms with van der Waals surface area (Å²) in [4.78, 5) is 28.8. The van der Waals surface area contributed by atoms with Crippen molar-refractivity contribution >= 4 is 35.0 Å². The Morgan fingerprint density at radius 3 is 2.35 bits per heavy atom. The highest BCUT2D eigenvalue weighted by Crippen LogP contribution is 2.24. The molecule has 0 heterocycles. The van der Waals surface area contributed by atoms with Crippen molar-refractivity contribution < 1.29 is 14.3 Å². The van der Waals surface area contributed by atoms with E-state index >= 15 is 0 Å². The van der Waals surface area contributed by atoms with E-state index in [0.29, 0.717) is 27.8 Å². The molecule has 7 heteroatoms. The fourth-order valence-electron chi connectivity index (χ4n) is 3.86. The van der Waals surface area contributed by atoms with Crippen molar-refractivity contribution in [2.75, 3.05) is 6.61 Å². The zero-order chi connectivity index (χ0) is 26.9. The molecule has 5 nitrogen and oxygen atoms in total. The summed E-state index contributed by atoms with van der Waals surface area (Å²) in [6.07, 6.45) is 1.13. The summed E-state index contributed by atoms with van der Waals surface area (Å²) in [6.45, 7) is 7.89. The quantitative estimate of drug-likeness (QED) is 0.300.